The van der Waals surface area contributed by atoms with Gasteiger partial charge in [-0.1, -0.05) is 30.3 Å². The van der Waals surface area contributed by atoms with Crippen molar-refractivity contribution < 1.29 is 17.6 Å². The number of nitrogens with one attached hydrogen (secondary N) is 1. The lowest BCUT2D eigenvalue weighted by molar-refractivity contribution is 0.0953. The number of hydrogen-bond donors (Lipinski definition) is 1. The lowest BCUT2D eigenvalue weighted by atomic mass is 10.1. The van der Waals surface area contributed by atoms with Crippen molar-refractivity contribution in [2.45, 2.75) is 24.7 Å². The Morgan fingerprint density at radius 1 is 0.935 bits per heavy atom. The van der Waals surface area contributed by atoms with E-state index in [-0.39, 0.29) is 23.2 Å². The molecular formula is C24H25FN2O3S. The summed E-state index contributed by atoms with van der Waals surface area (Å²) in [6.07, 6.45) is 1.47. The van der Waals surface area contributed by atoms with Crippen molar-refractivity contribution in [3.05, 3.63) is 95.8 Å². The quantitative estimate of drug-likeness (QED) is 0.502. The molecule has 162 valence electrons. The average Bonchev–Trinajstić information content (AvgIpc) is 2.79. The maximum Gasteiger partial charge on any atom is 0.264 e. The van der Waals surface area contributed by atoms with Gasteiger partial charge in [0.25, 0.3) is 15.9 Å². The van der Waals surface area contributed by atoms with Gasteiger partial charge in [-0.05, 0) is 73.9 Å². The minimum atomic E-state index is -3.67. The Morgan fingerprint density at radius 3 is 2.19 bits per heavy atom. The van der Waals surface area contributed by atoms with E-state index in [2.05, 4.69) is 5.32 Å². The number of nitrogens with zero attached hydrogens (tertiary/aromatic N) is 1. The molecule has 0 aliphatic heterocycles. The maximum absolute atomic E-state index is 12.9. The molecule has 0 bridgehead atoms. The van der Waals surface area contributed by atoms with Crippen molar-refractivity contribution in [2.24, 2.45) is 0 Å². The summed E-state index contributed by atoms with van der Waals surface area (Å²) in [6.45, 7) is 2.52. The molecule has 7 heteroatoms. The maximum atomic E-state index is 12.9. The molecule has 0 aliphatic carbocycles. The highest BCUT2D eigenvalue weighted by atomic mass is 32.2. The zero-order valence-corrected chi connectivity index (χ0v) is 18.1. The molecule has 3 aromatic carbocycles. The molecule has 0 saturated heterocycles. The Hall–Kier alpha value is -3.19. The Labute approximate surface area is 182 Å². The molecule has 0 heterocycles. The van der Waals surface area contributed by atoms with Gasteiger partial charge in [0.05, 0.1) is 10.6 Å². The standard InChI is InChI=1S/C24H25FN2O3S/c1-2-27(31(29,30)23-8-4-3-5-9-23)22-16-12-20(13-17-22)24(28)26-18-6-7-19-10-14-21(25)15-11-19/h3-5,8-17H,2,6-7,18H2,1H3,(H,26,28). The van der Waals surface area contributed by atoms with Crippen LogP contribution in [-0.2, 0) is 16.4 Å². The van der Waals surface area contributed by atoms with E-state index in [1.807, 2.05) is 0 Å². The van der Waals surface area contributed by atoms with E-state index in [9.17, 15) is 17.6 Å². The second-order valence-electron chi connectivity index (χ2n) is 7.02. The van der Waals surface area contributed by atoms with Gasteiger partial charge in [-0.2, -0.15) is 0 Å². The Balaban J connectivity index is 1.59. The van der Waals surface area contributed by atoms with Crippen LogP contribution in [0.1, 0.15) is 29.3 Å². The van der Waals surface area contributed by atoms with Crippen LogP contribution < -0.4 is 9.62 Å². The number of amides is 1. The molecule has 0 atom stereocenters. The van der Waals surface area contributed by atoms with Gasteiger partial charge in [0, 0.05) is 18.7 Å². The van der Waals surface area contributed by atoms with Crippen LogP contribution in [0.25, 0.3) is 0 Å². The minimum Gasteiger partial charge on any atom is -0.352 e. The highest BCUT2D eigenvalue weighted by molar-refractivity contribution is 7.92. The number of benzene rings is 3. The van der Waals surface area contributed by atoms with Crippen LogP contribution in [0.3, 0.4) is 0 Å². The monoisotopic (exact) mass is 440 g/mol. The molecule has 3 aromatic rings. The second kappa shape index (κ2) is 10.2. The Bertz CT molecular complexity index is 1100. The number of aryl methyl sites for hydroxylation is 1. The van der Waals surface area contributed by atoms with Crippen molar-refractivity contribution in [1.29, 1.82) is 0 Å². The first-order valence-electron chi connectivity index (χ1n) is 10.1. The minimum absolute atomic E-state index is 0.222. The molecule has 0 spiro atoms. The molecule has 0 radical (unpaired) electrons. The van der Waals surface area contributed by atoms with E-state index in [0.29, 0.717) is 17.8 Å². The van der Waals surface area contributed by atoms with Gasteiger partial charge in [0.15, 0.2) is 0 Å². The highest BCUT2D eigenvalue weighted by Crippen LogP contribution is 2.23. The zero-order valence-electron chi connectivity index (χ0n) is 17.3. The van der Waals surface area contributed by atoms with Crippen LogP contribution >= 0.6 is 0 Å². The van der Waals surface area contributed by atoms with Gasteiger partial charge in [-0.3, -0.25) is 9.10 Å². The fraction of sp³-hybridized carbons (Fsp3) is 0.208. The normalized spacial score (nSPS) is 11.2. The van der Waals surface area contributed by atoms with Crippen LogP contribution in [0.5, 0.6) is 0 Å². The predicted molar refractivity (Wildman–Crippen MR) is 120 cm³/mol. The van der Waals surface area contributed by atoms with Gasteiger partial charge in [0.2, 0.25) is 0 Å². The van der Waals surface area contributed by atoms with Crippen molar-refractivity contribution in [3.8, 4) is 0 Å². The second-order valence-corrected chi connectivity index (χ2v) is 8.88. The summed E-state index contributed by atoms with van der Waals surface area (Å²) in [5, 5.41) is 2.85. The summed E-state index contributed by atoms with van der Waals surface area (Å²) in [6, 6.07) is 21.1. The number of hydrogen-bond acceptors (Lipinski definition) is 3. The lowest BCUT2D eigenvalue weighted by Crippen LogP contribution is -2.31. The first-order valence-corrected chi connectivity index (χ1v) is 11.6. The van der Waals surface area contributed by atoms with Crippen molar-refractivity contribution >= 4 is 21.6 Å². The van der Waals surface area contributed by atoms with Gasteiger partial charge < -0.3 is 5.32 Å². The van der Waals surface area contributed by atoms with E-state index in [4.69, 9.17) is 0 Å². The summed E-state index contributed by atoms with van der Waals surface area (Å²) < 4.78 is 40.1. The number of halogens is 1. The summed E-state index contributed by atoms with van der Waals surface area (Å²) in [4.78, 5) is 12.6. The Morgan fingerprint density at radius 2 is 1.58 bits per heavy atom. The molecule has 0 aliphatic rings. The molecule has 0 aromatic heterocycles. The largest absolute Gasteiger partial charge is 0.352 e. The molecule has 0 unspecified atom stereocenters. The molecule has 1 N–H and O–H groups in total. The topological polar surface area (TPSA) is 66.5 Å². The SMILES string of the molecule is CCN(c1ccc(C(=O)NCCCc2ccc(F)cc2)cc1)S(=O)(=O)c1ccccc1. The average molecular weight is 441 g/mol. The van der Waals surface area contributed by atoms with Crippen LogP contribution in [0.2, 0.25) is 0 Å². The van der Waals surface area contributed by atoms with Crippen LogP contribution in [0.4, 0.5) is 10.1 Å². The smallest absolute Gasteiger partial charge is 0.264 e. The van der Waals surface area contributed by atoms with Gasteiger partial charge in [-0.25, -0.2) is 12.8 Å². The first-order chi connectivity index (χ1) is 14.9. The highest BCUT2D eigenvalue weighted by Gasteiger charge is 2.23. The van der Waals surface area contributed by atoms with Crippen LogP contribution in [0, 0.1) is 5.82 Å². The van der Waals surface area contributed by atoms with Gasteiger partial charge in [0.1, 0.15) is 5.82 Å². The third-order valence-corrected chi connectivity index (χ3v) is 6.79. The first kappa shape index (κ1) is 22.5. The van der Waals surface area contributed by atoms with Crippen molar-refractivity contribution in [1.82, 2.24) is 5.32 Å². The molecule has 31 heavy (non-hydrogen) atoms. The molecule has 5 nitrogen and oxygen atoms in total. The Kier molecular flexibility index (Phi) is 7.41. The molecule has 0 saturated carbocycles. The van der Waals surface area contributed by atoms with Gasteiger partial charge >= 0.3 is 0 Å². The van der Waals surface area contributed by atoms with Crippen LogP contribution in [-0.4, -0.2) is 27.4 Å². The predicted octanol–water partition coefficient (Wildman–Crippen LogP) is 4.40. The lowest BCUT2D eigenvalue weighted by Gasteiger charge is -2.23. The summed E-state index contributed by atoms with van der Waals surface area (Å²) >= 11 is 0. The third-order valence-electron chi connectivity index (χ3n) is 4.88. The molecule has 1 amide bonds. The zero-order chi connectivity index (χ0) is 22.3. The fourth-order valence-corrected chi connectivity index (χ4v) is 4.73. The van der Waals surface area contributed by atoms with E-state index in [0.717, 1.165) is 18.4 Å². The van der Waals surface area contributed by atoms with E-state index < -0.39 is 10.0 Å². The number of anilines is 1. The van der Waals surface area contributed by atoms with Crippen molar-refractivity contribution in [2.75, 3.05) is 17.4 Å². The fourth-order valence-electron chi connectivity index (χ4n) is 3.24. The molecular weight excluding hydrogens is 415 g/mol. The van der Waals surface area contributed by atoms with E-state index >= 15 is 0 Å². The van der Waals surface area contributed by atoms with Gasteiger partial charge in [-0.15, -0.1) is 0 Å². The number of sulfonamides is 1. The summed E-state index contributed by atoms with van der Waals surface area (Å²) in [5.41, 5.74) is 1.97. The summed E-state index contributed by atoms with van der Waals surface area (Å²) in [7, 11) is -3.67. The van der Waals surface area contributed by atoms with E-state index in [1.54, 1.807) is 73.7 Å². The van der Waals surface area contributed by atoms with Crippen molar-refractivity contribution in [3.63, 3.8) is 0 Å². The molecule has 0 fully saturated rings. The third kappa shape index (κ3) is 5.70. The van der Waals surface area contributed by atoms with E-state index in [1.165, 1.54) is 16.4 Å². The molecule has 3 rings (SSSR count). The number of carbonyl (C=O) groups is 1. The summed E-state index contributed by atoms with van der Waals surface area (Å²) in [5.74, 6) is -0.488. The number of rotatable bonds is 9. The van der Waals surface area contributed by atoms with Crippen LogP contribution in [0.15, 0.2) is 83.8 Å². The number of carbonyl (C=O) groups excluding carboxylic acids is 1.